The van der Waals surface area contributed by atoms with Crippen molar-refractivity contribution in [2.45, 2.75) is 67.7 Å². The van der Waals surface area contributed by atoms with Crippen LogP contribution in [0.4, 0.5) is 18.9 Å². The molecule has 1 unspecified atom stereocenters. The van der Waals surface area contributed by atoms with Crippen LogP contribution in [0, 0.1) is 23.4 Å². The summed E-state index contributed by atoms with van der Waals surface area (Å²) in [4.78, 5) is 0. The predicted octanol–water partition coefficient (Wildman–Crippen LogP) is 7.73. The molecule has 2 nitrogen and oxygen atoms in total. The van der Waals surface area contributed by atoms with Gasteiger partial charge in [0.15, 0.2) is 17.5 Å². The molecule has 0 saturated carbocycles. The number of halogens is 3. The maximum atomic E-state index is 12.6. The van der Waals surface area contributed by atoms with Gasteiger partial charge in [-0.05, 0) is 57.8 Å². The number of allylic oxidation sites excluding steroid dienone is 4. The van der Waals surface area contributed by atoms with Crippen molar-refractivity contribution in [3.8, 4) is 0 Å². The Balaban J connectivity index is -0.000000338. The van der Waals surface area contributed by atoms with Gasteiger partial charge in [-0.3, -0.25) is 0 Å². The third kappa shape index (κ3) is 14.8. The van der Waals surface area contributed by atoms with Gasteiger partial charge in [-0.1, -0.05) is 65.3 Å². The van der Waals surface area contributed by atoms with Crippen molar-refractivity contribution in [1.29, 1.82) is 0 Å². The normalized spacial score (nSPS) is 13.7. The Hall–Kier alpha value is -1.75. The largest absolute Gasteiger partial charge is 0.386 e. The topological polar surface area (TPSA) is 24.1 Å². The van der Waals surface area contributed by atoms with Crippen LogP contribution in [0.1, 0.15) is 67.7 Å². The van der Waals surface area contributed by atoms with Crippen LogP contribution >= 0.6 is 0 Å². The van der Waals surface area contributed by atoms with Crippen LogP contribution in [0.15, 0.2) is 35.9 Å². The van der Waals surface area contributed by atoms with Gasteiger partial charge in [0.1, 0.15) is 0 Å². The lowest BCUT2D eigenvalue weighted by Gasteiger charge is -2.15. The Labute approximate surface area is 177 Å². The summed E-state index contributed by atoms with van der Waals surface area (Å²) in [5, 5.41) is 5.40. The molecule has 0 spiro atoms. The Kier molecular flexibility index (Phi) is 24.8. The first-order valence-electron chi connectivity index (χ1n) is 10.7. The van der Waals surface area contributed by atoms with Crippen molar-refractivity contribution >= 4 is 5.69 Å². The first-order chi connectivity index (χ1) is 13.9. The second-order valence-electron chi connectivity index (χ2n) is 5.76. The van der Waals surface area contributed by atoms with E-state index in [0.717, 1.165) is 24.6 Å². The lowest BCUT2D eigenvalue weighted by molar-refractivity contribution is 0.449. The Morgan fingerprint density at radius 2 is 1.55 bits per heavy atom. The standard InChI is InChI=1S/C9H14.C7H6F3N.C4H11N.2C2H6/c1-3-9-7-5-4-6-8(9)2;1-11-5-3-2-4(8)6(9)7(5)10;1-3-4-5-2;2*1-2/h4-6,9H,3,7H2,1-2H3;2-3,11H,1H3;5H,3-4H2,1-2H3;2*1-2H3. The average Bonchev–Trinajstić information content (AvgIpc) is 2.77. The van der Waals surface area contributed by atoms with Gasteiger partial charge < -0.3 is 10.6 Å². The summed E-state index contributed by atoms with van der Waals surface area (Å²) < 4.78 is 37.2. The van der Waals surface area contributed by atoms with Crippen LogP contribution in [0.2, 0.25) is 0 Å². The van der Waals surface area contributed by atoms with Gasteiger partial charge in [0.25, 0.3) is 0 Å². The maximum absolute atomic E-state index is 12.6. The van der Waals surface area contributed by atoms with Crippen molar-refractivity contribution < 1.29 is 13.2 Å². The molecule has 1 aromatic rings. The fourth-order valence-corrected chi connectivity index (χ4v) is 2.24. The second kappa shape index (κ2) is 22.5. The molecular weight excluding hydrogens is 373 g/mol. The molecular formula is C24H43F3N2. The van der Waals surface area contributed by atoms with E-state index >= 15 is 0 Å². The van der Waals surface area contributed by atoms with Crippen LogP contribution < -0.4 is 10.6 Å². The summed E-state index contributed by atoms with van der Waals surface area (Å²) in [5.41, 5.74) is 1.49. The summed E-state index contributed by atoms with van der Waals surface area (Å²) in [6.45, 7) is 15.8. The molecule has 1 aromatic carbocycles. The highest BCUT2D eigenvalue weighted by Crippen LogP contribution is 2.22. The molecule has 0 fully saturated rings. The van der Waals surface area contributed by atoms with Crippen molar-refractivity contribution in [1.82, 2.24) is 5.32 Å². The van der Waals surface area contributed by atoms with Gasteiger partial charge in [0, 0.05) is 7.05 Å². The fraction of sp³-hybridized carbons (Fsp3) is 0.583. The van der Waals surface area contributed by atoms with E-state index in [2.05, 4.69) is 49.6 Å². The lowest BCUT2D eigenvalue weighted by Crippen LogP contribution is -2.04. The van der Waals surface area contributed by atoms with Gasteiger partial charge in [0.05, 0.1) is 5.69 Å². The van der Waals surface area contributed by atoms with Crippen molar-refractivity contribution in [3.05, 3.63) is 53.4 Å². The van der Waals surface area contributed by atoms with E-state index in [1.165, 1.54) is 26.3 Å². The van der Waals surface area contributed by atoms with E-state index in [9.17, 15) is 13.2 Å². The average molecular weight is 417 g/mol. The van der Waals surface area contributed by atoms with E-state index in [0.29, 0.717) is 0 Å². The number of hydrogen-bond acceptors (Lipinski definition) is 2. The summed E-state index contributed by atoms with van der Waals surface area (Å²) in [6.07, 6.45) is 10.4. The minimum atomic E-state index is -1.45. The summed E-state index contributed by atoms with van der Waals surface area (Å²) in [6, 6.07) is 2.00. The van der Waals surface area contributed by atoms with E-state index in [4.69, 9.17) is 0 Å². The quantitative estimate of drug-likeness (QED) is 0.491. The summed E-state index contributed by atoms with van der Waals surface area (Å²) in [7, 11) is 3.39. The van der Waals surface area contributed by atoms with E-state index in [1.807, 2.05) is 34.7 Å². The Morgan fingerprint density at radius 3 is 1.90 bits per heavy atom. The van der Waals surface area contributed by atoms with Crippen molar-refractivity contribution in [2.24, 2.45) is 5.92 Å². The second-order valence-corrected chi connectivity index (χ2v) is 5.76. The van der Waals surface area contributed by atoms with Crippen molar-refractivity contribution in [2.75, 3.05) is 26.0 Å². The molecule has 170 valence electrons. The summed E-state index contributed by atoms with van der Waals surface area (Å²) in [5.74, 6) is -2.99. The van der Waals surface area contributed by atoms with Gasteiger partial charge in [-0.25, -0.2) is 13.2 Å². The molecule has 2 rings (SSSR count). The molecule has 0 bridgehead atoms. The van der Waals surface area contributed by atoms with E-state index < -0.39 is 17.5 Å². The highest BCUT2D eigenvalue weighted by Gasteiger charge is 2.11. The fourth-order valence-electron chi connectivity index (χ4n) is 2.24. The monoisotopic (exact) mass is 416 g/mol. The zero-order valence-corrected chi connectivity index (χ0v) is 19.9. The molecule has 0 aliphatic heterocycles. The molecule has 0 aromatic heterocycles. The number of nitrogens with one attached hydrogen (secondary N) is 2. The van der Waals surface area contributed by atoms with Crippen LogP contribution in [0.5, 0.6) is 0 Å². The summed E-state index contributed by atoms with van der Waals surface area (Å²) >= 11 is 0. The van der Waals surface area contributed by atoms with Crippen LogP contribution in [-0.2, 0) is 0 Å². The number of anilines is 1. The first kappa shape index (κ1) is 31.9. The Morgan fingerprint density at radius 1 is 0.966 bits per heavy atom. The molecule has 5 heteroatoms. The zero-order valence-electron chi connectivity index (χ0n) is 19.9. The number of benzene rings is 1. The van der Waals surface area contributed by atoms with Crippen LogP contribution in [0.3, 0.4) is 0 Å². The van der Waals surface area contributed by atoms with Crippen molar-refractivity contribution in [3.63, 3.8) is 0 Å². The minimum absolute atomic E-state index is 0.0519. The van der Waals surface area contributed by atoms with E-state index in [-0.39, 0.29) is 5.69 Å². The SMILES string of the molecule is CC.CC.CCC1CC=CC=C1C.CCCNC.CNc1ccc(F)c(F)c1F. The van der Waals surface area contributed by atoms with Gasteiger partial charge in [0.2, 0.25) is 0 Å². The molecule has 1 atom stereocenters. The molecule has 0 heterocycles. The lowest BCUT2D eigenvalue weighted by atomic mass is 9.91. The molecule has 0 saturated heterocycles. The molecule has 0 radical (unpaired) electrons. The molecule has 0 amide bonds. The van der Waals surface area contributed by atoms with Gasteiger partial charge >= 0.3 is 0 Å². The zero-order chi connectivity index (χ0) is 23.2. The number of hydrogen-bond donors (Lipinski definition) is 2. The third-order valence-electron chi connectivity index (χ3n) is 3.86. The first-order valence-corrected chi connectivity index (χ1v) is 10.7. The Bertz CT molecular complexity index is 553. The highest BCUT2D eigenvalue weighted by molar-refractivity contribution is 5.44. The third-order valence-corrected chi connectivity index (χ3v) is 3.86. The van der Waals surface area contributed by atoms with Gasteiger partial charge in [-0.2, -0.15) is 0 Å². The van der Waals surface area contributed by atoms with Gasteiger partial charge in [-0.15, -0.1) is 0 Å². The van der Waals surface area contributed by atoms with Crippen LogP contribution in [-0.4, -0.2) is 20.6 Å². The highest BCUT2D eigenvalue weighted by atomic mass is 19.2. The molecule has 29 heavy (non-hydrogen) atoms. The molecule has 1 aliphatic carbocycles. The van der Waals surface area contributed by atoms with Crippen LogP contribution in [0.25, 0.3) is 0 Å². The molecule has 1 aliphatic rings. The molecule has 2 N–H and O–H groups in total. The number of rotatable bonds is 4. The predicted molar refractivity (Wildman–Crippen MR) is 124 cm³/mol. The van der Waals surface area contributed by atoms with E-state index in [1.54, 1.807) is 5.57 Å². The minimum Gasteiger partial charge on any atom is -0.386 e. The smallest absolute Gasteiger partial charge is 0.196 e. The maximum Gasteiger partial charge on any atom is 0.196 e.